The second-order valence-electron chi connectivity index (χ2n) is 3.47. The van der Waals surface area contributed by atoms with Crippen molar-refractivity contribution in [2.75, 3.05) is 12.4 Å². The van der Waals surface area contributed by atoms with Crippen molar-refractivity contribution in [3.05, 3.63) is 22.4 Å². The van der Waals surface area contributed by atoms with E-state index in [1.807, 2.05) is 11.3 Å². The fourth-order valence-electron chi connectivity index (χ4n) is 1.54. The molecular weight excluding hydrogens is 202 g/mol. The zero-order valence-electron chi connectivity index (χ0n) is 7.58. The van der Waals surface area contributed by atoms with E-state index in [-0.39, 0.29) is 0 Å². The Morgan fingerprint density at radius 2 is 2.38 bits per heavy atom. The first-order valence-corrected chi connectivity index (χ1v) is 6.14. The lowest BCUT2D eigenvalue weighted by Gasteiger charge is -2.19. The summed E-state index contributed by atoms with van der Waals surface area (Å²) in [6, 6.07) is 5.14. The summed E-state index contributed by atoms with van der Waals surface area (Å²) in [6.07, 6.45) is 2.73. The van der Waals surface area contributed by atoms with Crippen molar-refractivity contribution >= 4 is 22.9 Å². The van der Waals surface area contributed by atoms with Gasteiger partial charge >= 0.3 is 0 Å². The van der Waals surface area contributed by atoms with E-state index in [1.54, 1.807) is 0 Å². The van der Waals surface area contributed by atoms with Crippen LogP contribution < -0.4 is 0 Å². The molecule has 1 fully saturated rings. The molecule has 1 aliphatic rings. The molecule has 0 spiro atoms. The molecule has 0 atom stereocenters. The third-order valence-corrected chi connectivity index (χ3v) is 3.40. The average Bonchev–Trinajstić information content (AvgIpc) is 2.85. The molecule has 1 nitrogen and oxygen atoms in total. The van der Waals surface area contributed by atoms with Crippen LogP contribution in [0.3, 0.4) is 0 Å². The molecule has 1 aliphatic carbocycles. The van der Waals surface area contributed by atoms with Gasteiger partial charge in [0.2, 0.25) is 0 Å². The van der Waals surface area contributed by atoms with Crippen molar-refractivity contribution in [1.82, 2.24) is 4.90 Å². The average molecular weight is 216 g/mol. The Labute approximate surface area is 88.3 Å². The normalized spacial score (nSPS) is 16.8. The quantitative estimate of drug-likeness (QED) is 0.683. The van der Waals surface area contributed by atoms with E-state index in [1.165, 1.54) is 17.7 Å². The molecule has 0 amide bonds. The number of halogens is 1. The van der Waals surface area contributed by atoms with Gasteiger partial charge in [0.05, 0.1) is 0 Å². The first kappa shape index (κ1) is 9.50. The molecule has 0 bridgehead atoms. The molecule has 1 heterocycles. The highest BCUT2D eigenvalue weighted by molar-refractivity contribution is 7.09. The molecule has 1 aromatic rings. The standard InChI is InChI=1S/C10H14ClNS/c11-5-6-12(9-3-4-9)8-10-2-1-7-13-10/h1-2,7,9H,3-6,8H2. The van der Waals surface area contributed by atoms with Gasteiger partial charge in [0.15, 0.2) is 0 Å². The molecule has 72 valence electrons. The summed E-state index contributed by atoms with van der Waals surface area (Å²) in [7, 11) is 0. The minimum Gasteiger partial charge on any atom is -0.294 e. The van der Waals surface area contributed by atoms with E-state index in [4.69, 9.17) is 11.6 Å². The molecule has 0 radical (unpaired) electrons. The zero-order valence-corrected chi connectivity index (χ0v) is 9.15. The SMILES string of the molecule is ClCCN(Cc1cccs1)C1CC1. The third-order valence-electron chi connectivity index (χ3n) is 2.37. The van der Waals surface area contributed by atoms with Crippen LogP contribution in [0.2, 0.25) is 0 Å². The molecule has 0 saturated heterocycles. The van der Waals surface area contributed by atoms with E-state index in [0.29, 0.717) is 0 Å². The number of rotatable bonds is 5. The Bertz CT molecular complexity index is 243. The summed E-state index contributed by atoms with van der Waals surface area (Å²) < 4.78 is 0. The topological polar surface area (TPSA) is 3.24 Å². The van der Waals surface area contributed by atoms with Crippen molar-refractivity contribution in [2.24, 2.45) is 0 Å². The zero-order chi connectivity index (χ0) is 9.10. The first-order valence-electron chi connectivity index (χ1n) is 4.72. The molecule has 1 saturated carbocycles. The molecule has 0 aliphatic heterocycles. The van der Waals surface area contributed by atoms with Gasteiger partial charge in [-0.2, -0.15) is 0 Å². The smallest absolute Gasteiger partial charge is 0.0351 e. The fourth-order valence-corrected chi connectivity index (χ4v) is 2.49. The predicted molar refractivity (Wildman–Crippen MR) is 58.5 cm³/mol. The maximum Gasteiger partial charge on any atom is 0.0351 e. The summed E-state index contributed by atoms with van der Waals surface area (Å²) in [5.74, 6) is 0.752. The lowest BCUT2D eigenvalue weighted by molar-refractivity contribution is 0.273. The van der Waals surface area contributed by atoms with Crippen LogP contribution in [0.5, 0.6) is 0 Å². The summed E-state index contributed by atoms with van der Waals surface area (Å²) in [4.78, 5) is 3.95. The van der Waals surface area contributed by atoms with Crippen LogP contribution in [-0.4, -0.2) is 23.4 Å². The largest absolute Gasteiger partial charge is 0.294 e. The maximum atomic E-state index is 5.77. The van der Waals surface area contributed by atoms with Crippen molar-refractivity contribution in [2.45, 2.75) is 25.4 Å². The van der Waals surface area contributed by atoms with E-state index in [2.05, 4.69) is 22.4 Å². The molecule has 3 heteroatoms. The molecule has 0 N–H and O–H groups in total. The molecule has 1 aromatic heterocycles. The highest BCUT2D eigenvalue weighted by atomic mass is 35.5. The van der Waals surface area contributed by atoms with E-state index >= 15 is 0 Å². The fraction of sp³-hybridized carbons (Fsp3) is 0.600. The van der Waals surface area contributed by atoms with Crippen LogP contribution in [0.25, 0.3) is 0 Å². The van der Waals surface area contributed by atoms with Gasteiger partial charge in [0, 0.05) is 29.9 Å². The van der Waals surface area contributed by atoms with E-state index in [0.717, 1.165) is 25.0 Å². The third kappa shape index (κ3) is 2.70. The molecule has 0 unspecified atom stereocenters. The summed E-state index contributed by atoms with van der Waals surface area (Å²) in [5, 5.41) is 2.14. The van der Waals surface area contributed by atoms with Crippen LogP contribution in [0.4, 0.5) is 0 Å². The Hall–Kier alpha value is -0.0500. The first-order chi connectivity index (χ1) is 6.40. The van der Waals surface area contributed by atoms with Gasteiger partial charge < -0.3 is 0 Å². The predicted octanol–water partition coefficient (Wildman–Crippen LogP) is 2.95. The Kier molecular flexibility index (Phi) is 3.25. The lowest BCUT2D eigenvalue weighted by atomic mass is 10.4. The van der Waals surface area contributed by atoms with Gasteiger partial charge in [-0.05, 0) is 24.3 Å². The van der Waals surface area contributed by atoms with E-state index < -0.39 is 0 Å². The number of hydrogen-bond acceptors (Lipinski definition) is 2. The molecular formula is C10H14ClNS. The number of alkyl halides is 1. The molecule has 2 rings (SSSR count). The monoisotopic (exact) mass is 215 g/mol. The summed E-state index contributed by atoms with van der Waals surface area (Å²) in [6.45, 7) is 2.12. The Morgan fingerprint density at radius 3 is 2.92 bits per heavy atom. The van der Waals surface area contributed by atoms with Crippen LogP contribution in [0.1, 0.15) is 17.7 Å². The second kappa shape index (κ2) is 4.45. The van der Waals surface area contributed by atoms with Crippen molar-refractivity contribution in [1.29, 1.82) is 0 Å². The van der Waals surface area contributed by atoms with Gasteiger partial charge in [-0.1, -0.05) is 6.07 Å². The minimum absolute atomic E-state index is 0.752. The van der Waals surface area contributed by atoms with Crippen molar-refractivity contribution in [3.63, 3.8) is 0 Å². The molecule has 13 heavy (non-hydrogen) atoms. The highest BCUT2D eigenvalue weighted by Crippen LogP contribution is 2.28. The van der Waals surface area contributed by atoms with Crippen LogP contribution in [0.15, 0.2) is 17.5 Å². The van der Waals surface area contributed by atoms with Gasteiger partial charge in [0.25, 0.3) is 0 Å². The number of hydrogen-bond donors (Lipinski definition) is 0. The lowest BCUT2D eigenvalue weighted by Crippen LogP contribution is -2.27. The van der Waals surface area contributed by atoms with Crippen molar-refractivity contribution < 1.29 is 0 Å². The van der Waals surface area contributed by atoms with Gasteiger partial charge in [-0.25, -0.2) is 0 Å². The number of thiophene rings is 1. The van der Waals surface area contributed by atoms with Crippen LogP contribution >= 0.6 is 22.9 Å². The van der Waals surface area contributed by atoms with Gasteiger partial charge in [-0.15, -0.1) is 22.9 Å². The van der Waals surface area contributed by atoms with Gasteiger partial charge in [0.1, 0.15) is 0 Å². The molecule has 0 aromatic carbocycles. The van der Waals surface area contributed by atoms with Crippen LogP contribution in [0, 0.1) is 0 Å². The Balaban J connectivity index is 1.89. The van der Waals surface area contributed by atoms with Crippen LogP contribution in [-0.2, 0) is 6.54 Å². The number of nitrogens with zero attached hydrogens (tertiary/aromatic N) is 1. The summed E-state index contributed by atoms with van der Waals surface area (Å²) >= 11 is 7.61. The second-order valence-corrected chi connectivity index (χ2v) is 4.88. The van der Waals surface area contributed by atoms with Gasteiger partial charge in [-0.3, -0.25) is 4.90 Å². The van der Waals surface area contributed by atoms with Crippen molar-refractivity contribution in [3.8, 4) is 0 Å². The highest BCUT2D eigenvalue weighted by Gasteiger charge is 2.28. The summed E-state index contributed by atoms with van der Waals surface area (Å²) in [5.41, 5.74) is 0. The maximum absolute atomic E-state index is 5.77. The minimum atomic E-state index is 0.752. The van der Waals surface area contributed by atoms with E-state index in [9.17, 15) is 0 Å². The Morgan fingerprint density at radius 1 is 1.54 bits per heavy atom.